The van der Waals surface area contributed by atoms with Crippen LogP contribution in [-0.2, 0) is 6.61 Å². The fraction of sp³-hybridized carbons (Fsp3) is 0.0357. The summed E-state index contributed by atoms with van der Waals surface area (Å²) in [5.74, 6) is 0.549. The van der Waals surface area contributed by atoms with Crippen LogP contribution in [0.2, 0.25) is 0 Å². The van der Waals surface area contributed by atoms with E-state index in [1.807, 2.05) is 97.1 Å². The number of amides is 1. The van der Waals surface area contributed by atoms with E-state index >= 15 is 0 Å². The number of aromatic nitrogens is 2. The van der Waals surface area contributed by atoms with Gasteiger partial charge >= 0.3 is 0 Å². The van der Waals surface area contributed by atoms with Crippen molar-refractivity contribution in [3.63, 3.8) is 0 Å². The van der Waals surface area contributed by atoms with E-state index in [0.717, 1.165) is 33.5 Å². The maximum absolute atomic E-state index is 13.2. The van der Waals surface area contributed by atoms with Gasteiger partial charge in [0.2, 0.25) is 0 Å². The first-order valence-corrected chi connectivity index (χ1v) is 10.6. The minimum absolute atomic E-state index is 0. The number of fused-ring (bicyclic) bond motifs is 1. The number of benzene rings is 3. The lowest BCUT2D eigenvalue weighted by Crippen LogP contribution is -2.13. The average molecular weight is 468 g/mol. The van der Waals surface area contributed by atoms with Gasteiger partial charge in [0.1, 0.15) is 12.4 Å². The summed E-state index contributed by atoms with van der Waals surface area (Å²) in [5, 5.41) is 3.80. The van der Waals surface area contributed by atoms with E-state index < -0.39 is 0 Å². The van der Waals surface area contributed by atoms with Gasteiger partial charge in [-0.3, -0.25) is 9.78 Å². The molecule has 1 amide bonds. The second-order valence-electron chi connectivity index (χ2n) is 7.56. The summed E-state index contributed by atoms with van der Waals surface area (Å²) >= 11 is 0. The Hall–Kier alpha value is -4.22. The van der Waals surface area contributed by atoms with Crippen molar-refractivity contribution in [3.8, 4) is 17.0 Å². The molecule has 0 saturated carbocycles. The Morgan fingerprint density at radius 1 is 0.824 bits per heavy atom. The molecule has 6 heteroatoms. The van der Waals surface area contributed by atoms with E-state index in [9.17, 15) is 4.79 Å². The molecule has 0 spiro atoms. The van der Waals surface area contributed by atoms with Crippen LogP contribution in [0.1, 0.15) is 15.9 Å². The lowest BCUT2D eigenvalue weighted by atomic mass is 10.0. The molecule has 0 aliphatic rings. The standard InChI is InChI=1S/C28H21N3O2.ClH/c32-28(30-22-10-12-23(13-11-22)33-19-20-6-2-1-3-7-20)25-18-27(21-14-16-29-17-15-21)31-26-9-5-4-8-24(25)26;/h1-18H,19H2,(H,30,32);1H. The SMILES string of the molecule is Cl.O=C(Nc1ccc(OCc2ccccc2)cc1)c1cc(-c2ccncc2)nc2ccccc12. The van der Waals surface area contributed by atoms with Crippen molar-refractivity contribution in [1.29, 1.82) is 0 Å². The van der Waals surface area contributed by atoms with Crippen LogP contribution in [0.25, 0.3) is 22.2 Å². The van der Waals surface area contributed by atoms with Gasteiger partial charge < -0.3 is 10.1 Å². The summed E-state index contributed by atoms with van der Waals surface area (Å²) in [5.41, 5.74) is 4.76. The quantitative estimate of drug-likeness (QED) is 0.307. The van der Waals surface area contributed by atoms with Crippen LogP contribution in [0.5, 0.6) is 5.75 Å². The summed E-state index contributed by atoms with van der Waals surface area (Å²) in [7, 11) is 0. The molecule has 0 radical (unpaired) electrons. The van der Waals surface area contributed by atoms with Crippen molar-refractivity contribution in [3.05, 3.63) is 121 Å². The van der Waals surface area contributed by atoms with Gasteiger partial charge in [-0.1, -0.05) is 48.5 Å². The van der Waals surface area contributed by atoms with Crippen LogP contribution in [0.3, 0.4) is 0 Å². The number of nitrogens with zero attached hydrogens (tertiary/aromatic N) is 2. The smallest absolute Gasteiger partial charge is 0.256 e. The molecule has 2 heterocycles. The molecule has 3 aromatic carbocycles. The Kier molecular flexibility index (Phi) is 7.16. The van der Waals surface area contributed by atoms with Crippen molar-refractivity contribution < 1.29 is 9.53 Å². The normalized spacial score (nSPS) is 10.4. The Morgan fingerprint density at radius 3 is 2.29 bits per heavy atom. The van der Waals surface area contributed by atoms with Gasteiger partial charge in [0.05, 0.1) is 16.8 Å². The zero-order chi connectivity index (χ0) is 22.5. The van der Waals surface area contributed by atoms with Gasteiger partial charge in [-0.25, -0.2) is 4.98 Å². The predicted molar refractivity (Wildman–Crippen MR) is 137 cm³/mol. The second kappa shape index (κ2) is 10.6. The molecule has 0 saturated heterocycles. The van der Waals surface area contributed by atoms with E-state index in [-0.39, 0.29) is 18.3 Å². The zero-order valence-corrected chi connectivity index (χ0v) is 19.0. The summed E-state index contributed by atoms with van der Waals surface area (Å²) < 4.78 is 5.83. The van der Waals surface area contributed by atoms with Crippen LogP contribution in [0.15, 0.2) is 109 Å². The van der Waals surface area contributed by atoms with Crippen LogP contribution < -0.4 is 10.1 Å². The van der Waals surface area contributed by atoms with Gasteiger partial charge in [-0.15, -0.1) is 12.4 Å². The van der Waals surface area contributed by atoms with Crippen molar-refractivity contribution in [2.45, 2.75) is 6.61 Å². The predicted octanol–water partition coefficient (Wildman–Crippen LogP) is 6.55. The third-order valence-electron chi connectivity index (χ3n) is 5.30. The second-order valence-corrected chi connectivity index (χ2v) is 7.56. The lowest BCUT2D eigenvalue weighted by molar-refractivity contribution is 0.102. The Balaban J connectivity index is 0.00000274. The molecule has 0 fully saturated rings. The number of hydrogen-bond donors (Lipinski definition) is 1. The van der Waals surface area contributed by atoms with Gasteiger partial charge in [-0.05, 0) is 54.1 Å². The minimum atomic E-state index is -0.193. The Morgan fingerprint density at radius 2 is 1.53 bits per heavy atom. The van der Waals surface area contributed by atoms with Crippen LogP contribution in [0.4, 0.5) is 5.69 Å². The molecule has 0 aliphatic heterocycles. The van der Waals surface area contributed by atoms with Crippen molar-refractivity contribution in [2.24, 2.45) is 0 Å². The molecule has 168 valence electrons. The van der Waals surface area contributed by atoms with Crippen molar-refractivity contribution in [1.82, 2.24) is 9.97 Å². The first-order chi connectivity index (χ1) is 16.3. The number of pyridine rings is 2. The van der Waals surface area contributed by atoms with Crippen LogP contribution in [-0.4, -0.2) is 15.9 Å². The van der Waals surface area contributed by atoms with E-state index in [1.165, 1.54) is 0 Å². The summed E-state index contributed by atoms with van der Waals surface area (Å²) in [6, 6.07) is 30.6. The van der Waals surface area contributed by atoms with Gasteiger partial charge in [0.25, 0.3) is 5.91 Å². The number of carbonyl (C=O) groups is 1. The van der Waals surface area contributed by atoms with E-state index in [2.05, 4.69) is 10.3 Å². The molecule has 0 aliphatic carbocycles. The highest BCUT2D eigenvalue weighted by atomic mass is 35.5. The highest BCUT2D eigenvalue weighted by molar-refractivity contribution is 6.13. The fourth-order valence-corrected chi connectivity index (χ4v) is 3.61. The lowest BCUT2D eigenvalue weighted by Gasteiger charge is -2.11. The van der Waals surface area contributed by atoms with Crippen molar-refractivity contribution >= 4 is 34.9 Å². The first kappa shape index (κ1) is 23.0. The van der Waals surface area contributed by atoms with Gasteiger partial charge in [-0.2, -0.15) is 0 Å². The zero-order valence-electron chi connectivity index (χ0n) is 18.2. The molecule has 0 unspecified atom stereocenters. The van der Waals surface area contributed by atoms with Crippen molar-refractivity contribution in [2.75, 3.05) is 5.32 Å². The number of hydrogen-bond acceptors (Lipinski definition) is 4. The molecule has 5 nitrogen and oxygen atoms in total. The molecular formula is C28H22ClN3O2. The summed E-state index contributed by atoms with van der Waals surface area (Å²) in [4.78, 5) is 22.0. The van der Waals surface area contributed by atoms with Gasteiger partial charge in [0, 0.05) is 29.0 Å². The maximum Gasteiger partial charge on any atom is 0.256 e. The number of para-hydroxylation sites is 1. The number of ether oxygens (including phenoxy) is 1. The highest BCUT2D eigenvalue weighted by Gasteiger charge is 2.14. The third kappa shape index (κ3) is 5.22. The number of halogens is 1. The Bertz CT molecular complexity index is 1390. The molecule has 0 bridgehead atoms. The number of rotatable bonds is 6. The number of nitrogens with one attached hydrogen (secondary N) is 1. The minimum Gasteiger partial charge on any atom is -0.489 e. The van der Waals surface area contributed by atoms with Crippen LogP contribution >= 0.6 is 12.4 Å². The molecule has 5 aromatic rings. The van der Waals surface area contributed by atoms with E-state index in [0.29, 0.717) is 17.9 Å². The average Bonchev–Trinajstić information content (AvgIpc) is 2.88. The topological polar surface area (TPSA) is 64.1 Å². The van der Waals surface area contributed by atoms with E-state index in [1.54, 1.807) is 12.4 Å². The third-order valence-corrected chi connectivity index (χ3v) is 5.30. The fourth-order valence-electron chi connectivity index (χ4n) is 3.61. The first-order valence-electron chi connectivity index (χ1n) is 10.6. The van der Waals surface area contributed by atoms with Gasteiger partial charge in [0.15, 0.2) is 0 Å². The molecule has 2 aromatic heterocycles. The maximum atomic E-state index is 13.2. The summed E-state index contributed by atoms with van der Waals surface area (Å²) in [6.07, 6.45) is 3.43. The largest absolute Gasteiger partial charge is 0.489 e. The molecular weight excluding hydrogens is 446 g/mol. The molecule has 1 N–H and O–H groups in total. The summed E-state index contributed by atoms with van der Waals surface area (Å²) in [6.45, 7) is 0.493. The monoisotopic (exact) mass is 467 g/mol. The number of carbonyl (C=O) groups excluding carboxylic acids is 1. The molecule has 0 atom stereocenters. The number of anilines is 1. The van der Waals surface area contributed by atoms with Crippen LogP contribution in [0, 0.1) is 0 Å². The Labute approximate surface area is 203 Å². The highest BCUT2D eigenvalue weighted by Crippen LogP contribution is 2.26. The van der Waals surface area contributed by atoms with E-state index in [4.69, 9.17) is 9.72 Å². The molecule has 5 rings (SSSR count). The molecule has 34 heavy (non-hydrogen) atoms.